The second-order valence-electron chi connectivity index (χ2n) is 4.52. The first kappa shape index (κ1) is 14.9. The van der Waals surface area contributed by atoms with Crippen LogP contribution in [-0.4, -0.2) is 23.4 Å². The number of phenolic OH excluding ortho intramolecular Hbond substituents is 1. The Morgan fingerprint density at radius 2 is 1.94 bits per heavy atom. The fraction of sp³-hybridized carbons (Fsp3) is 0.571. The number of aliphatic hydroxyl groups is 1. The molecule has 0 aliphatic rings. The van der Waals surface area contributed by atoms with E-state index in [9.17, 15) is 9.50 Å². The van der Waals surface area contributed by atoms with Crippen molar-refractivity contribution in [2.24, 2.45) is 0 Å². The molecule has 1 unspecified atom stereocenters. The average Bonchev–Trinajstić information content (AvgIpc) is 2.36. The number of rotatable bonds is 8. The third kappa shape index (κ3) is 5.02. The van der Waals surface area contributed by atoms with Gasteiger partial charge in [0, 0.05) is 18.2 Å². The number of benzene rings is 1. The van der Waals surface area contributed by atoms with Crippen molar-refractivity contribution < 1.29 is 14.6 Å². The van der Waals surface area contributed by atoms with Crippen LogP contribution in [0.3, 0.4) is 0 Å². The van der Waals surface area contributed by atoms with Gasteiger partial charge in [-0.1, -0.05) is 12.8 Å². The minimum Gasteiger partial charge on any atom is -0.508 e. The SMILES string of the molecule is CC(NCCCCCCO)c1cc(F)ccc1O. The van der Waals surface area contributed by atoms with Gasteiger partial charge in [0.05, 0.1) is 0 Å². The molecule has 1 rings (SSSR count). The van der Waals surface area contributed by atoms with E-state index < -0.39 is 0 Å². The van der Waals surface area contributed by atoms with E-state index in [1.165, 1.54) is 18.2 Å². The van der Waals surface area contributed by atoms with Crippen LogP contribution in [0, 0.1) is 5.82 Å². The van der Waals surface area contributed by atoms with E-state index in [1.807, 2.05) is 6.92 Å². The number of unbranched alkanes of at least 4 members (excludes halogenated alkanes) is 3. The molecule has 18 heavy (non-hydrogen) atoms. The van der Waals surface area contributed by atoms with E-state index >= 15 is 0 Å². The van der Waals surface area contributed by atoms with Crippen molar-refractivity contribution in [2.45, 2.75) is 38.6 Å². The second-order valence-corrected chi connectivity index (χ2v) is 4.52. The van der Waals surface area contributed by atoms with Gasteiger partial charge in [0.2, 0.25) is 0 Å². The molecule has 1 aromatic rings. The summed E-state index contributed by atoms with van der Waals surface area (Å²) in [6.07, 6.45) is 3.95. The Hall–Kier alpha value is -1.13. The molecule has 0 bridgehead atoms. The van der Waals surface area contributed by atoms with E-state index in [2.05, 4.69) is 5.32 Å². The molecule has 0 aromatic heterocycles. The summed E-state index contributed by atoms with van der Waals surface area (Å²) in [4.78, 5) is 0. The van der Waals surface area contributed by atoms with Crippen LogP contribution in [0.2, 0.25) is 0 Å². The normalized spacial score (nSPS) is 12.6. The molecule has 0 spiro atoms. The maximum absolute atomic E-state index is 13.1. The molecule has 0 aliphatic heterocycles. The van der Waals surface area contributed by atoms with Crippen LogP contribution in [0.1, 0.15) is 44.2 Å². The summed E-state index contributed by atoms with van der Waals surface area (Å²) in [5.41, 5.74) is 0.588. The molecule has 0 amide bonds. The molecule has 1 atom stereocenters. The minimum atomic E-state index is -0.334. The first-order valence-electron chi connectivity index (χ1n) is 6.48. The van der Waals surface area contributed by atoms with Crippen molar-refractivity contribution in [1.82, 2.24) is 5.32 Å². The van der Waals surface area contributed by atoms with Gasteiger partial charge in [-0.2, -0.15) is 0 Å². The first-order chi connectivity index (χ1) is 8.65. The number of hydrogen-bond acceptors (Lipinski definition) is 3. The number of aromatic hydroxyl groups is 1. The Bertz CT molecular complexity index is 358. The molecule has 1 aromatic carbocycles. The predicted octanol–water partition coefficient (Wildman–Crippen LogP) is 2.73. The molecule has 3 nitrogen and oxygen atoms in total. The summed E-state index contributed by atoms with van der Waals surface area (Å²) in [5.74, 6) is -0.212. The zero-order valence-electron chi connectivity index (χ0n) is 10.8. The van der Waals surface area contributed by atoms with E-state index in [0.29, 0.717) is 5.56 Å². The Balaban J connectivity index is 2.31. The van der Waals surface area contributed by atoms with Gasteiger partial charge in [-0.15, -0.1) is 0 Å². The highest BCUT2D eigenvalue weighted by molar-refractivity contribution is 5.34. The van der Waals surface area contributed by atoms with Crippen molar-refractivity contribution in [3.63, 3.8) is 0 Å². The Labute approximate surface area is 108 Å². The van der Waals surface area contributed by atoms with Crippen molar-refractivity contribution in [3.8, 4) is 5.75 Å². The lowest BCUT2D eigenvalue weighted by Gasteiger charge is -2.15. The second kappa shape index (κ2) is 8.06. The van der Waals surface area contributed by atoms with Crippen LogP contribution in [0.5, 0.6) is 5.75 Å². The molecule has 0 aliphatic carbocycles. The lowest BCUT2D eigenvalue weighted by Crippen LogP contribution is -2.20. The van der Waals surface area contributed by atoms with E-state index in [1.54, 1.807) is 0 Å². The standard InChI is InChI=1S/C14H22FNO2/c1-11(16-8-4-2-3-5-9-17)13-10-12(15)6-7-14(13)18/h6-7,10-11,16-18H,2-5,8-9H2,1H3. The molecular formula is C14H22FNO2. The maximum atomic E-state index is 13.1. The van der Waals surface area contributed by atoms with Gasteiger partial charge >= 0.3 is 0 Å². The van der Waals surface area contributed by atoms with E-state index in [0.717, 1.165) is 32.2 Å². The van der Waals surface area contributed by atoms with Gasteiger partial charge < -0.3 is 15.5 Å². The number of phenols is 1. The van der Waals surface area contributed by atoms with E-state index in [4.69, 9.17) is 5.11 Å². The molecule has 0 radical (unpaired) electrons. The molecule has 0 heterocycles. The summed E-state index contributed by atoms with van der Waals surface area (Å²) in [6, 6.07) is 3.92. The molecule has 0 fully saturated rings. The monoisotopic (exact) mass is 255 g/mol. The highest BCUT2D eigenvalue weighted by atomic mass is 19.1. The predicted molar refractivity (Wildman–Crippen MR) is 70.0 cm³/mol. The topological polar surface area (TPSA) is 52.5 Å². The fourth-order valence-electron chi connectivity index (χ4n) is 1.89. The largest absolute Gasteiger partial charge is 0.508 e. The zero-order chi connectivity index (χ0) is 13.4. The maximum Gasteiger partial charge on any atom is 0.123 e. The fourth-order valence-corrected chi connectivity index (χ4v) is 1.89. The summed E-state index contributed by atoms with van der Waals surface area (Å²) >= 11 is 0. The zero-order valence-corrected chi connectivity index (χ0v) is 10.8. The Morgan fingerprint density at radius 1 is 1.22 bits per heavy atom. The molecule has 0 saturated heterocycles. The quantitative estimate of drug-likeness (QED) is 0.626. The van der Waals surface area contributed by atoms with Crippen LogP contribution in [0.25, 0.3) is 0 Å². The lowest BCUT2D eigenvalue weighted by atomic mass is 10.1. The van der Waals surface area contributed by atoms with Crippen molar-refractivity contribution in [3.05, 3.63) is 29.6 Å². The van der Waals surface area contributed by atoms with Crippen molar-refractivity contribution in [1.29, 1.82) is 0 Å². The molecule has 4 heteroatoms. The number of nitrogens with one attached hydrogen (secondary N) is 1. The van der Waals surface area contributed by atoms with Crippen LogP contribution in [-0.2, 0) is 0 Å². The molecular weight excluding hydrogens is 233 g/mol. The number of hydrogen-bond donors (Lipinski definition) is 3. The van der Waals surface area contributed by atoms with Gasteiger partial charge in [-0.05, 0) is 44.5 Å². The van der Waals surface area contributed by atoms with Crippen LogP contribution < -0.4 is 5.32 Å². The van der Waals surface area contributed by atoms with Gasteiger partial charge in [0.25, 0.3) is 0 Å². The highest BCUT2D eigenvalue weighted by Crippen LogP contribution is 2.24. The van der Waals surface area contributed by atoms with Gasteiger partial charge in [-0.25, -0.2) is 4.39 Å². The Kier molecular flexibility index (Phi) is 6.68. The summed E-state index contributed by atoms with van der Waals surface area (Å²) in [6.45, 7) is 2.98. The van der Waals surface area contributed by atoms with Gasteiger partial charge in [0.15, 0.2) is 0 Å². The van der Waals surface area contributed by atoms with Crippen molar-refractivity contribution in [2.75, 3.05) is 13.2 Å². The third-order valence-electron chi connectivity index (χ3n) is 2.99. The average molecular weight is 255 g/mol. The minimum absolute atomic E-state index is 0.0708. The van der Waals surface area contributed by atoms with Gasteiger partial charge in [0.1, 0.15) is 11.6 Å². The molecule has 3 N–H and O–H groups in total. The Morgan fingerprint density at radius 3 is 2.67 bits per heavy atom. The number of aliphatic hydroxyl groups excluding tert-OH is 1. The summed E-state index contributed by atoms with van der Waals surface area (Å²) in [7, 11) is 0. The van der Waals surface area contributed by atoms with Crippen LogP contribution in [0.4, 0.5) is 4.39 Å². The molecule has 0 saturated carbocycles. The first-order valence-corrected chi connectivity index (χ1v) is 6.48. The van der Waals surface area contributed by atoms with Crippen LogP contribution in [0.15, 0.2) is 18.2 Å². The smallest absolute Gasteiger partial charge is 0.123 e. The number of halogens is 1. The highest BCUT2D eigenvalue weighted by Gasteiger charge is 2.10. The van der Waals surface area contributed by atoms with Crippen LogP contribution >= 0.6 is 0 Å². The van der Waals surface area contributed by atoms with Gasteiger partial charge in [-0.3, -0.25) is 0 Å². The molecule has 102 valence electrons. The van der Waals surface area contributed by atoms with E-state index in [-0.39, 0.29) is 24.2 Å². The summed E-state index contributed by atoms with van der Waals surface area (Å²) < 4.78 is 13.1. The summed E-state index contributed by atoms with van der Waals surface area (Å²) in [5, 5.41) is 21.5. The van der Waals surface area contributed by atoms with Crippen molar-refractivity contribution >= 4 is 0 Å². The third-order valence-corrected chi connectivity index (χ3v) is 2.99. The lowest BCUT2D eigenvalue weighted by molar-refractivity contribution is 0.282.